The van der Waals surface area contributed by atoms with Gasteiger partial charge in [-0.3, -0.25) is 4.79 Å². The summed E-state index contributed by atoms with van der Waals surface area (Å²) in [6.45, 7) is 1.81. The number of carbonyl (C=O) groups is 2. The fraction of sp³-hybridized carbons (Fsp3) is 0.429. The van der Waals surface area contributed by atoms with Crippen LogP contribution in [0.4, 0.5) is 10.5 Å². The molecule has 2 amide bonds. The first-order valence-electron chi connectivity index (χ1n) is 6.73. The zero-order valence-electron chi connectivity index (χ0n) is 11.2. The predicted molar refractivity (Wildman–Crippen MR) is 75.8 cm³/mol. The largest absolute Gasteiger partial charge is 0.481 e. The molecule has 0 radical (unpaired) electrons. The van der Waals surface area contributed by atoms with Crippen molar-refractivity contribution >= 4 is 17.7 Å². The molecule has 0 aliphatic carbocycles. The number of hydrogen-bond acceptors (Lipinski definition) is 3. The van der Waals surface area contributed by atoms with Gasteiger partial charge in [0.1, 0.15) is 0 Å². The van der Waals surface area contributed by atoms with Crippen LogP contribution in [0.15, 0.2) is 24.3 Å². The van der Waals surface area contributed by atoms with E-state index >= 15 is 0 Å². The van der Waals surface area contributed by atoms with Gasteiger partial charge >= 0.3 is 12.0 Å². The highest BCUT2D eigenvalue weighted by Gasteiger charge is 2.16. The number of para-hydroxylation sites is 1. The molecule has 0 aromatic heterocycles. The van der Waals surface area contributed by atoms with Crippen LogP contribution in [0, 0.1) is 0 Å². The first kappa shape index (κ1) is 14.3. The van der Waals surface area contributed by atoms with Gasteiger partial charge in [-0.2, -0.15) is 0 Å². The molecule has 0 atom stereocenters. The van der Waals surface area contributed by atoms with E-state index in [-0.39, 0.29) is 18.5 Å². The van der Waals surface area contributed by atoms with Crippen LogP contribution in [-0.2, 0) is 11.2 Å². The van der Waals surface area contributed by atoms with E-state index in [4.69, 9.17) is 5.11 Å². The van der Waals surface area contributed by atoms with Crippen LogP contribution in [0.2, 0.25) is 0 Å². The fourth-order valence-electron chi connectivity index (χ4n) is 2.27. The Hall–Kier alpha value is -2.08. The SMILES string of the molecule is O=C(O)Cc1ccccc1NC(=O)NC1CCNCC1. The van der Waals surface area contributed by atoms with E-state index in [0.717, 1.165) is 25.9 Å². The molecule has 0 bridgehead atoms. The summed E-state index contributed by atoms with van der Waals surface area (Å²) in [6, 6.07) is 6.83. The second-order valence-electron chi connectivity index (χ2n) is 4.85. The van der Waals surface area contributed by atoms with E-state index in [1.807, 2.05) is 0 Å². The van der Waals surface area contributed by atoms with Crippen molar-refractivity contribution in [3.8, 4) is 0 Å². The van der Waals surface area contributed by atoms with Crippen molar-refractivity contribution in [3.63, 3.8) is 0 Å². The number of hydrogen-bond donors (Lipinski definition) is 4. The number of aliphatic carboxylic acids is 1. The van der Waals surface area contributed by atoms with Crippen molar-refractivity contribution in [3.05, 3.63) is 29.8 Å². The first-order valence-corrected chi connectivity index (χ1v) is 6.73. The molecule has 1 aromatic carbocycles. The third-order valence-electron chi connectivity index (χ3n) is 3.28. The van der Waals surface area contributed by atoms with Crippen LogP contribution >= 0.6 is 0 Å². The van der Waals surface area contributed by atoms with Gasteiger partial charge in [-0.05, 0) is 37.6 Å². The van der Waals surface area contributed by atoms with Crippen LogP contribution < -0.4 is 16.0 Å². The van der Waals surface area contributed by atoms with Gasteiger partial charge in [0.2, 0.25) is 0 Å². The molecular formula is C14H19N3O3. The molecule has 6 heteroatoms. The number of piperidine rings is 1. The second-order valence-corrected chi connectivity index (χ2v) is 4.85. The zero-order chi connectivity index (χ0) is 14.4. The number of benzene rings is 1. The van der Waals surface area contributed by atoms with Gasteiger partial charge in [-0.15, -0.1) is 0 Å². The van der Waals surface area contributed by atoms with E-state index in [0.29, 0.717) is 11.3 Å². The minimum absolute atomic E-state index is 0.107. The Morgan fingerprint density at radius 1 is 1.25 bits per heavy atom. The summed E-state index contributed by atoms with van der Waals surface area (Å²) < 4.78 is 0. The Kier molecular flexibility index (Phi) is 4.95. The Balaban J connectivity index is 1.94. The molecule has 1 heterocycles. The highest BCUT2D eigenvalue weighted by molar-refractivity contribution is 5.91. The van der Waals surface area contributed by atoms with E-state index < -0.39 is 5.97 Å². The Morgan fingerprint density at radius 2 is 1.95 bits per heavy atom. The second kappa shape index (κ2) is 6.91. The number of carboxylic acid groups (broad SMARTS) is 1. The minimum atomic E-state index is -0.919. The number of carbonyl (C=O) groups excluding carboxylic acids is 1. The quantitative estimate of drug-likeness (QED) is 0.665. The maximum absolute atomic E-state index is 11.9. The lowest BCUT2D eigenvalue weighted by molar-refractivity contribution is -0.136. The Morgan fingerprint density at radius 3 is 2.65 bits per heavy atom. The number of amides is 2. The molecule has 0 saturated carbocycles. The van der Waals surface area contributed by atoms with Crippen molar-refractivity contribution in [1.29, 1.82) is 0 Å². The summed E-state index contributed by atoms with van der Waals surface area (Å²) in [7, 11) is 0. The summed E-state index contributed by atoms with van der Waals surface area (Å²) in [5.74, 6) is -0.919. The predicted octanol–water partition coefficient (Wildman–Crippen LogP) is 1.19. The Bertz CT molecular complexity index is 484. The lowest BCUT2D eigenvalue weighted by Crippen LogP contribution is -2.44. The van der Waals surface area contributed by atoms with Crippen molar-refractivity contribution in [2.24, 2.45) is 0 Å². The normalized spacial score (nSPS) is 15.6. The molecule has 4 N–H and O–H groups in total. The standard InChI is InChI=1S/C14H19N3O3/c18-13(19)9-10-3-1-2-4-12(10)17-14(20)16-11-5-7-15-8-6-11/h1-4,11,15H,5-9H2,(H,18,19)(H2,16,17,20). The van der Waals surface area contributed by atoms with Gasteiger partial charge in [0, 0.05) is 11.7 Å². The fourth-order valence-corrected chi connectivity index (χ4v) is 2.27. The van der Waals surface area contributed by atoms with Gasteiger partial charge in [-0.1, -0.05) is 18.2 Å². The van der Waals surface area contributed by atoms with Gasteiger partial charge in [0.25, 0.3) is 0 Å². The van der Waals surface area contributed by atoms with Crippen LogP contribution in [0.25, 0.3) is 0 Å². The molecule has 1 aliphatic rings. The highest BCUT2D eigenvalue weighted by atomic mass is 16.4. The molecular weight excluding hydrogens is 258 g/mol. The third-order valence-corrected chi connectivity index (χ3v) is 3.28. The molecule has 108 valence electrons. The van der Waals surface area contributed by atoms with E-state index in [1.54, 1.807) is 24.3 Å². The minimum Gasteiger partial charge on any atom is -0.481 e. The van der Waals surface area contributed by atoms with Crippen LogP contribution in [0.1, 0.15) is 18.4 Å². The third kappa shape index (κ3) is 4.24. The number of rotatable bonds is 4. The van der Waals surface area contributed by atoms with Crippen molar-refractivity contribution in [2.75, 3.05) is 18.4 Å². The topological polar surface area (TPSA) is 90.5 Å². The zero-order valence-corrected chi connectivity index (χ0v) is 11.2. The number of nitrogens with one attached hydrogen (secondary N) is 3. The Labute approximate surface area is 117 Å². The van der Waals surface area contributed by atoms with Crippen LogP contribution in [0.3, 0.4) is 0 Å². The average molecular weight is 277 g/mol. The summed E-state index contributed by atoms with van der Waals surface area (Å²) in [6.07, 6.45) is 1.71. The molecule has 1 fully saturated rings. The van der Waals surface area contributed by atoms with Crippen LogP contribution in [0.5, 0.6) is 0 Å². The molecule has 0 unspecified atom stereocenters. The van der Waals surface area contributed by atoms with E-state index in [2.05, 4.69) is 16.0 Å². The van der Waals surface area contributed by atoms with E-state index in [1.165, 1.54) is 0 Å². The van der Waals surface area contributed by atoms with Crippen molar-refractivity contribution < 1.29 is 14.7 Å². The number of carboxylic acids is 1. The molecule has 2 rings (SSSR count). The molecule has 1 aromatic rings. The molecule has 1 aliphatic heterocycles. The lowest BCUT2D eigenvalue weighted by atomic mass is 10.1. The van der Waals surface area contributed by atoms with Crippen molar-refractivity contribution in [1.82, 2.24) is 10.6 Å². The van der Waals surface area contributed by atoms with Gasteiger partial charge in [-0.25, -0.2) is 4.79 Å². The first-order chi connectivity index (χ1) is 9.65. The monoisotopic (exact) mass is 277 g/mol. The molecule has 20 heavy (non-hydrogen) atoms. The summed E-state index contributed by atoms with van der Waals surface area (Å²) >= 11 is 0. The summed E-state index contributed by atoms with van der Waals surface area (Å²) in [5.41, 5.74) is 1.14. The highest BCUT2D eigenvalue weighted by Crippen LogP contribution is 2.15. The lowest BCUT2D eigenvalue weighted by Gasteiger charge is -2.24. The number of urea groups is 1. The van der Waals surface area contributed by atoms with E-state index in [9.17, 15) is 9.59 Å². The molecule has 1 saturated heterocycles. The summed E-state index contributed by atoms with van der Waals surface area (Å²) in [4.78, 5) is 22.7. The van der Waals surface area contributed by atoms with Gasteiger partial charge in [0.15, 0.2) is 0 Å². The van der Waals surface area contributed by atoms with Gasteiger partial charge in [0.05, 0.1) is 6.42 Å². The summed E-state index contributed by atoms with van der Waals surface area (Å²) in [5, 5.41) is 17.7. The smallest absolute Gasteiger partial charge is 0.319 e. The maximum atomic E-state index is 11.9. The number of anilines is 1. The van der Waals surface area contributed by atoms with Gasteiger partial charge < -0.3 is 21.1 Å². The average Bonchev–Trinajstić information content (AvgIpc) is 2.41. The van der Waals surface area contributed by atoms with Crippen molar-refractivity contribution in [2.45, 2.75) is 25.3 Å². The molecule has 0 spiro atoms. The van der Waals surface area contributed by atoms with Crippen LogP contribution in [-0.4, -0.2) is 36.2 Å². The molecule has 6 nitrogen and oxygen atoms in total. The maximum Gasteiger partial charge on any atom is 0.319 e.